The van der Waals surface area contributed by atoms with Crippen molar-refractivity contribution in [2.45, 2.75) is 18.4 Å². The normalized spacial score (nSPS) is 19.3. The third kappa shape index (κ3) is 5.40. The van der Waals surface area contributed by atoms with Crippen molar-refractivity contribution in [2.75, 3.05) is 32.2 Å². The number of anilines is 1. The molecule has 5 nitrogen and oxygen atoms in total. The second-order valence-electron chi connectivity index (χ2n) is 4.85. The van der Waals surface area contributed by atoms with E-state index in [1.54, 1.807) is 31.4 Å². The average molecular weight is 337 g/mol. The Labute approximate surface area is 133 Å². The van der Waals surface area contributed by atoms with Gasteiger partial charge in [0.25, 0.3) is 5.92 Å². The lowest BCUT2D eigenvalue weighted by atomic mass is 10.2. The van der Waals surface area contributed by atoms with Crippen LogP contribution in [0.3, 0.4) is 0 Å². The molecule has 0 aliphatic carbocycles. The predicted octanol–water partition coefficient (Wildman–Crippen LogP) is 2.07. The van der Waals surface area contributed by atoms with E-state index in [1.807, 2.05) is 0 Å². The molecule has 0 bridgehead atoms. The van der Waals surface area contributed by atoms with Crippen molar-refractivity contribution < 1.29 is 23.0 Å². The van der Waals surface area contributed by atoms with Crippen molar-refractivity contribution in [3.05, 3.63) is 24.3 Å². The van der Waals surface area contributed by atoms with Crippen molar-refractivity contribution in [1.29, 1.82) is 0 Å². The molecule has 1 atom stereocenters. The number of rotatable bonds is 6. The van der Waals surface area contributed by atoms with Gasteiger partial charge in [-0.3, -0.25) is 10.1 Å². The van der Waals surface area contributed by atoms with Crippen LogP contribution in [0.2, 0.25) is 0 Å². The van der Waals surface area contributed by atoms with Crippen molar-refractivity contribution in [1.82, 2.24) is 5.32 Å². The maximum Gasteiger partial charge on any atom is 0.262 e. The van der Waals surface area contributed by atoms with Gasteiger partial charge in [-0.25, -0.2) is 8.78 Å². The monoisotopic (exact) mass is 336 g/mol. The SMILES string of the molecule is COCCOc1ccc(NC(=O)C2CC(F)(F)CN2)cc1.Cl. The molecule has 1 amide bonds. The van der Waals surface area contributed by atoms with E-state index in [0.717, 1.165) is 0 Å². The van der Waals surface area contributed by atoms with Crippen LogP contribution in [0.5, 0.6) is 5.75 Å². The highest BCUT2D eigenvalue weighted by molar-refractivity contribution is 5.95. The van der Waals surface area contributed by atoms with E-state index < -0.39 is 30.8 Å². The summed E-state index contributed by atoms with van der Waals surface area (Å²) in [5.74, 6) is -2.63. The fourth-order valence-corrected chi connectivity index (χ4v) is 2.01. The van der Waals surface area contributed by atoms with Gasteiger partial charge >= 0.3 is 0 Å². The molecule has 22 heavy (non-hydrogen) atoms. The number of carbonyl (C=O) groups is 1. The molecule has 0 saturated carbocycles. The van der Waals surface area contributed by atoms with E-state index >= 15 is 0 Å². The summed E-state index contributed by atoms with van der Waals surface area (Å²) in [6.07, 6.45) is -0.475. The summed E-state index contributed by atoms with van der Waals surface area (Å²) in [6, 6.07) is 5.85. The Kier molecular flexibility index (Phi) is 6.99. The first-order chi connectivity index (χ1) is 10.00. The van der Waals surface area contributed by atoms with Crippen LogP contribution in [0.25, 0.3) is 0 Å². The lowest BCUT2D eigenvalue weighted by Gasteiger charge is -2.12. The fraction of sp³-hybridized carbons (Fsp3) is 0.500. The van der Waals surface area contributed by atoms with E-state index in [1.165, 1.54) is 0 Å². The molecule has 2 N–H and O–H groups in total. The fourth-order valence-electron chi connectivity index (χ4n) is 2.01. The molecule has 1 aromatic rings. The minimum atomic E-state index is -2.82. The Bertz CT molecular complexity index is 485. The summed E-state index contributed by atoms with van der Waals surface area (Å²) in [5.41, 5.74) is 0.538. The minimum absolute atomic E-state index is 0. The second kappa shape index (κ2) is 8.26. The van der Waals surface area contributed by atoms with Gasteiger partial charge in [-0.05, 0) is 24.3 Å². The molecule has 1 unspecified atom stereocenters. The molecule has 0 spiro atoms. The number of nitrogens with one attached hydrogen (secondary N) is 2. The molecule has 1 fully saturated rings. The van der Waals surface area contributed by atoms with E-state index in [4.69, 9.17) is 9.47 Å². The molecule has 1 aliphatic heterocycles. The van der Waals surface area contributed by atoms with Gasteiger partial charge in [0.15, 0.2) is 0 Å². The first-order valence-electron chi connectivity index (χ1n) is 6.64. The molecule has 8 heteroatoms. The van der Waals surface area contributed by atoms with Gasteiger partial charge in [-0.2, -0.15) is 0 Å². The summed E-state index contributed by atoms with van der Waals surface area (Å²) in [4.78, 5) is 11.8. The summed E-state index contributed by atoms with van der Waals surface area (Å²) in [5, 5.41) is 5.11. The molecule has 1 aliphatic rings. The van der Waals surface area contributed by atoms with Gasteiger partial charge < -0.3 is 14.8 Å². The number of alkyl halides is 2. The Balaban J connectivity index is 0.00000242. The van der Waals surface area contributed by atoms with Gasteiger partial charge in [0.1, 0.15) is 12.4 Å². The van der Waals surface area contributed by atoms with Crippen LogP contribution >= 0.6 is 12.4 Å². The van der Waals surface area contributed by atoms with Crippen LogP contribution in [0.15, 0.2) is 24.3 Å². The molecule has 0 radical (unpaired) electrons. The van der Waals surface area contributed by atoms with Crippen LogP contribution < -0.4 is 15.4 Å². The third-order valence-electron chi connectivity index (χ3n) is 3.10. The minimum Gasteiger partial charge on any atom is -0.491 e. The number of carbonyl (C=O) groups excluding carboxylic acids is 1. The van der Waals surface area contributed by atoms with Gasteiger partial charge in [-0.15, -0.1) is 12.4 Å². The molecule has 1 aromatic carbocycles. The number of halogens is 3. The van der Waals surface area contributed by atoms with E-state index in [2.05, 4.69) is 10.6 Å². The van der Waals surface area contributed by atoms with Crippen LogP contribution in [0.4, 0.5) is 14.5 Å². The topological polar surface area (TPSA) is 59.6 Å². The van der Waals surface area contributed by atoms with Gasteiger partial charge in [0, 0.05) is 19.2 Å². The Hall–Kier alpha value is -1.44. The van der Waals surface area contributed by atoms with Gasteiger partial charge in [0.05, 0.1) is 19.2 Å². The Morgan fingerprint density at radius 3 is 2.59 bits per heavy atom. The summed E-state index contributed by atoms with van der Waals surface area (Å²) in [7, 11) is 1.59. The van der Waals surface area contributed by atoms with Crippen molar-refractivity contribution >= 4 is 24.0 Å². The van der Waals surface area contributed by atoms with Gasteiger partial charge in [0.2, 0.25) is 5.91 Å². The van der Waals surface area contributed by atoms with Crippen LogP contribution in [-0.2, 0) is 9.53 Å². The van der Waals surface area contributed by atoms with Crippen LogP contribution in [0, 0.1) is 0 Å². The zero-order chi connectivity index (χ0) is 15.3. The highest BCUT2D eigenvalue weighted by atomic mass is 35.5. The number of methoxy groups -OCH3 is 1. The zero-order valence-corrected chi connectivity index (χ0v) is 12.9. The standard InChI is InChI=1S/C14H18F2N2O3.ClH/c1-20-6-7-21-11-4-2-10(3-5-11)18-13(19)12-8-14(15,16)9-17-12;/h2-5,12,17H,6-9H2,1H3,(H,18,19);1H. The number of benzene rings is 1. The van der Waals surface area contributed by atoms with E-state index in [9.17, 15) is 13.6 Å². The molecular formula is C14H19ClF2N2O3. The van der Waals surface area contributed by atoms with Gasteiger partial charge in [-0.1, -0.05) is 0 Å². The number of hydrogen-bond acceptors (Lipinski definition) is 4. The molecule has 124 valence electrons. The third-order valence-corrected chi connectivity index (χ3v) is 3.10. The number of amides is 1. The zero-order valence-electron chi connectivity index (χ0n) is 12.1. The summed E-state index contributed by atoms with van der Waals surface area (Å²) < 4.78 is 36.3. The van der Waals surface area contributed by atoms with E-state index in [0.29, 0.717) is 24.7 Å². The quantitative estimate of drug-likeness (QED) is 0.781. The molecule has 0 aromatic heterocycles. The maximum absolute atomic E-state index is 13.0. The first-order valence-corrected chi connectivity index (χ1v) is 6.64. The molecule has 2 rings (SSSR count). The summed E-state index contributed by atoms with van der Waals surface area (Å²) in [6.45, 7) is 0.459. The molecule has 1 saturated heterocycles. The highest BCUT2D eigenvalue weighted by Crippen LogP contribution is 2.26. The molecule has 1 heterocycles. The predicted molar refractivity (Wildman–Crippen MR) is 81.0 cm³/mol. The first kappa shape index (κ1) is 18.6. The van der Waals surface area contributed by atoms with Crippen molar-refractivity contribution in [3.8, 4) is 5.75 Å². The van der Waals surface area contributed by atoms with Crippen molar-refractivity contribution in [2.24, 2.45) is 0 Å². The Morgan fingerprint density at radius 2 is 2.05 bits per heavy atom. The Morgan fingerprint density at radius 1 is 1.36 bits per heavy atom. The van der Waals surface area contributed by atoms with E-state index in [-0.39, 0.29) is 12.4 Å². The smallest absolute Gasteiger partial charge is 0.262 e. The van der Waals surface area contributed by atoms with Crippen LogP contribution in [0.1, 0.15) is 6.42 Å². The number of hydrogen-bond donors (Lipinski definition) is 2. The maximum atomic E-state index is 13.0. The largest absolute Gasteiger partial charge is 0.491 e. The number of ether oxygens (including phenoxy) is 2. The average Bonchev–Trinajstić information content (AvgIpc) is 2.81. The summed E-state index contributed by atoms with van der Waals surface area (Å²) >= 11 is 0. The van der Waals surface area contributed by atoms with Crippen molar-refractivity contribution in [3.63, 3.8) is 0 Å². The molecular weight excluding hydrogens is 318 g/mol. The lowest BCUT2D eigenvalue weighted by Crippen LogP contribution is -2.35. The highest BCUT2D eigenvalue weighted by Gasteiger charge is 2.42. The van der Waals surface area contributed by atoms with Crippen LogP contribution in [-0.4, -0.2) is 44.7 Å². The lowest BCUT2D eigenvalue weighted by molar-refractivity contribution is -0.118. The second-order valence-corrected chi connectivity index (χ2v) is 4.85.